The van der Waals surface area contributed by atoms with Crippen LogP contribution in [0.5, 0.6) is 0 Å². The number of hydrazine groups is 1. The van der Waals surface area contributed by atoms with E-state index in [-0.39, 0.29) is 18.8 Å². The summed E-state index contributed by atoms with van der Waals surface area (Å²) in [6.07, 6.45) is -0.0614. The minimum absolute atomic E-state index is 0.0303. The zero-order valence-corrected chi connectivity index (χ0v) is 12.4. The number of carboxylic acids is 1. The van der Waals surface area contributed by atoms with Crippen molar-refractivity contribution in [1.29, 1.82) is 0 Å². The van der Waals surface area contributed by atoms with Crippen LogP contribution in [0.1, 0.15) is 30.1 Å². The van der Waals surface area contributed by atoms with Crippen molar-refractivity contribution in [2.24, 2.45) is 5.92 Å². The Labute approximate surface area is 124 Å². The van der Waals surface area contributed by atoms with Gasteiger partial charge in [-0.2, -0.15) is 0 Å². The van der Waals surface area contributed by atoms with Gasteiger partial charge < -0.3 is 5.11 Å². The zero-order valence-electron chi connectivity index (χ0n) is 10.9. The van der Waals surface area contributed by atoms with Crippen molar-refractivity contribution in [3.05, 3.63) is 34.3 Å². The molecule has 7 heteroatoms. The predicted molar refractivity (Wildman–Crippen MR) is 75.8 cm³/mol. The average molecular weight is 343 g/mol. The van der Waals surface area contributed by atoms with Crippen molar-refractivity contribution >= 4 is 33.7 Å². The molecule has 3 N–H and O–H groups in total. The van der Waals surface area contributed by atoms with E-state index in [1.165, 1.54) is 0 Å². The van der Waals surface area contributed by atoms with Gasteiger partial charge in [0.15, 0.2) is 0 Å². The van der Waals surface area contributed by atoms with Gasteiger partial charge >= 0.3 is 5.97 Å². The van der Waals surface area contributed by atoms with Crippen LogP contribution >= 0.6 is 15.9 Å². The lowest BCUT2D eigenvalue weighted by atomic mass is 10.0. The fourth-order valence-electron chi connectivity index (χ4n) is 1.58. The Morgan fingerprint density at radius 1 is 1.20 bits per heavy atom. The summed E-state index contributed by atoms with van der Waals surface area (Å²) < 4.78 is 0.617. The second kappa shape index (κ2) is 7.64. The maximum atomic E-state index is 11.8. The van der Waals surface area contributed by atoms with Gasteiger partial charge in [0.05, 0.1) is 5.56 Å². The smallest absolute Gasteiger partial charge is 0.303 e. The van der Waals surface area contributed by atoms with Crippen molar-refractivity contribution in [3.63, 3.8) is 0 Å². The lowest BCUT2D eigenvalue weighted by Gasteiger charge is -2.11. The van der Waals surface area contributed by atoms with Gasteiger partial charge in [0.25, 0.3) is 5.91 Å². The Morgan fingerprint density at radius 2 is 1.85 bits per heavy atom. The third-order valence-electron chi connectivity index (χ3n) is 2.49. The van der Waals surface area contributed by atoms with Crippen LogP contribution in [0.3, 0.4) is 0 Å². The molecule has 1 unspecified atom stereocenters. The Hall–Kier alpha value is -1.89. The monoisotopic (exact) mass is 342 g/mol. The molecule has 0 saturated heterocycles. The van der Waals surface area contributed by atoms with Gasteiger partial charge in [0.1, 0.15) is 0 Å². The van der Waals surface area contributed by atoms with Gasteiger partial charge in [-0.1, -0.05) is 19.1 Å². The molecule has 0 spiro atoms. The third-order valence-corrected chi connectivity index (χ3v) is 3.18. The summed E-state index contributed by atoms with van der Waals surface area (Å²) in [5.74, 6) is -2.13. The lowest BCUT2D eigenvalue weighted by Crippen LogP contribution is -2.42. The molecular weight excluding hydrogens is 328 g/mol. The molecule has 0 bridgehead atoms. The Balaban J connectivity index is 2.43. The normalized spacial score (nSPS) is 11.5. The summed E-state index contributed by atoms with van der Waals surface area (Å²) in [7, 11) is 0. The maximum absolute atomic E-state index is 11.8. The molecular formula is C13H15BrN2O4. The number of benzene rings is 1. The Morgan fingerprint density at radius 3 is 2.45 bits per heavy atom. The van der Waals surface area contributed by atoms with Crippen LogP contribution in [0.25, 0.3) is 0 Å². The largest absolute Gasteiger partial charge is 0.481 e. The SMILES string of the molecule is CC(CC(=O)O)CC(=O)NNC(=O)c1ccccc1Br. The van der Waals surface area contributed by atoms with E-state index >= 15 is 0 Å². The van der Waals surface area contributed by atoms with Gasteiger partial charge in [0.2, 0.25) is 5.91 Å². The van der Waals surface area contributed by atoms with Crippen molar-refractivity contribution in [2.45, 2.75) is 19.8 Å². The fourth-order valence-corrected chi connectivity index (χ4v) is 2.04. The third kappa shape index (κ3) is 5.40. The number of carbonyl (C=O) groups is 3. The Kier molecular flexibility index (Phi) is 6.17. The molecule has 0 aliphatic carbocycles. The first-order valence-electron chi connectivity index (χ1n) is 5.95. The molecule has 0 fully saturated rings. The van der Waals surface area contributed by atoms with Crippen molar-refractivity contribution in [2.75, 3.05) is 0 Å². The second-order valence-corrected chi connectivity index (χ2v) is 5.24. The topological polar surface area (TPSA) is 95.5 Å². The fraction of sp³-hybridized carbons (Fsp3) is 0.308. The van der Waals surface area contributed by atoms with E-state index in [0.29, 0.717) is 10.0 Å². The Bertz CT molecular complexity index is 519. The van der Waals surface area contributed by atoms with Crippen LogP contribution in [0, 0.1) is 5.92 Å². The lowest BCUT2D eigenvalue weighted by molar-refractivity contribution is -0.138. The predicted octanol–water partition coefficient (Wildman–Crippen LogP) is 1.71. The van der Waals surface area contributed by atoms with E-state index in [9.17, 15) is 14.4 Å². The summed E-state index contributed by atoms with van der Waals surface area (Å²) in [6, 6.07) is 6.80. The molecule has 108 valence electrons. The molecule has 0 saturated carbocycles. The standard InChI is InChI=1S/C13H15BrN2O4/c1-8(7-12(18)19)6-11(17)15-16-13(20)9-4-2-3-5-10(9)14/h2-5,8H,6-7H2,1H3,(H,15,17)(H,16,20)(H,18,19). The van der Waals surface area contributed by atoms with Crippen LogP contribution in [0.15, 0.2) is 28.7 Å². The number of hydrogen-bond acceptors (Lipinski definition) is 3. The van der Waals surface area contributed by atoms with Gasteiger partial charge in [-0.3, -0.25) is 25.2 Å². The minimum Gasteiger partial charge on any atom is -0.481 e. The van der Waals surface area contributed by atoms with Gasteiger partial charge in [-0.15, -0.1) is 0 Å². The van der Waals surface area contributed by atoms with Crippen molar-refractivity contribution in [1.82, 2.24) is 10.9 Å². The van der Waals surface area contributed by atoms with E-state index in [0.717, 1.165) is 0 Å². The van der Waals surface area contributed by atoms with E-state index in [1.54, 1.807) is 31.2 Å². The van der Waals surface area contributed by atoms with Crippen LogP contribution < -0.4 is 10.9 Å². The van der Waals surface area contributed by atoms with Crippen LogP contribution in [0.2, 0.25) is 0 Å². The van der Waals surface area contributed by atoms with Crippen molar-refractivity contribution < 1.29 is 19.5 Å². The highest BCUT2D eigenvalue weighted by molar-refractivity contribution is 9.10. The average Bonchev–Trinajstić information content (AvgIpc) is 2.35. The molecule has 1 aromatic rings. The number of carboxylic acid groups (broad SMARTS) is 1. The number of aliphatic carboxylic acids is 1. The summed E-state index contributed by atoms with van der Waals surface area (Å²) in [4.78, 5) is 33.8. The van der Waals surface area contributed by atoms with E-state index in [1.807, 2.05) is 0 Å². The molecule has 2 amide bonds. The molecule has 1 rings (SSSR count). The van der Waals surface area contributed by atoms with Crippen LogP contribution in [-0.4, -0.2) is 22.9 Å². The number of hydrogen-bond donors (Lipinski definition) is 3. The molecule has 0 heterocycles. The molecule has 0 aliphatic rings. The van der Waals surface area contributed by atoms with Crippen molar-refractivity contribution in [3.8, 4) is 0 Å². The second-order valence-electron chi connectivity index (χ2n) is 4.39. The molecule has 1 atom stereocenters. The van der Waals surface area contributed by atoms with Gasteiger partial charge in [-0.25, -0.2) is 0 Å². The molecule has 0 radical (unpaired) electrons. The van der Waals surface area contributed by atoms with Crippen LogP contribution in [0.4, 0.5) is 0 Å². The highest BCUT2D eigenvalue weighted by Gasteiger charge is 2.14. The molecule has 0 aliphatic heterocycles. The van der Waals surface area contributed by atoms with Crippen LogP contribution in [-0.2, 0) is 9.59 Å². The first-order chi connectivity index (χ1) is 9.40. The first-order valence-corrected chi connectivity index (χ1v) is 6.75. The summed E-state index contributed by atoms with van der Waals surface area (Å²) in [6.45, 7) is 1.66. The summed E-state index contributed by atoms with van der Waals surface area (Å²) >= 11 is 3.23. The highest BCUT2D eigenvalue weighted by Crippen LogP contribution is 2.15. The number of nitrogens with one attached hydrogen (secondary N) is 2. The van der Waals surface area contributed by atoms with E-state index in [4.69, 9.17) is 5.11 Å². The number of carbonyl (C=O) groups excluding carboxylic acids is 2. The van der Waals surface area contributed by atoms with E-state index in [2.05, 4.69) is 26.8 Å². The zero-order chi connectivity index (χ0) is 15.1. The highest BCUT2D eigenvalue weighted by atomic mass is 79.9. The van der Waals surface area contributed by atoms with E-state index < -0.39 is 17.8 Å². The summed E-state index contributed by atoms with van der Waals surface area (Å²) in [5.41, 5.74) is 4.94. The quantitative estimate of drug-likeness (QED) is 0.710. The first kappa shape index (κ1) is 16.2. The molecule has 6 nitrogen and oxygen atoms in total. The maximum Gasteiger partial charge on any atom is 0.303 e. The molecule has 1 aromatic carbocycles. The number of amides is 2. The van der Waals surface area contributed by atoms with Gasteiger partial charge in [-0.05, 0) is 34.0 Å². The minimum atomic E-state index is -0.956. The summed E-state index contributed by atoms with van der Waals surface area (Å²) in [5, 5.41) is 8.59. The number of halogens is 1. The molecule has 0 aromatic heterocycles. The van der Waals surface area contributed by atoms with Gasteiger partial charge in [0, 0.05) is 17.3 Å². The molecule has 20 heavy (non-hydrogen) atoms. The number of rotatable bonds is 5.